The van der Waals surface area contributed by atoms with Gasteiger partial charge in [-0.3, -0.25) is 0 Å². The monoisotopic (exact) mass is 263 g/mol. The lowest BCUT2D eigenvalue weighted by Crippen LogP contribution is -2.06. The highest BCUT2D eigenvalue weighted by atomic mass is 16.5. The van der Waals surface area contributed by atoms with E-state index in [0.717, 1.165) is 6.54 Å². The van der Waals surface area contributed by atoms with Crippen LogP contribution in [0.4, 0.5) is 0 Å². The molecule has 0 bridgehead atoms. The molecule has 0 atom stereocenters. The van der Waals surface area contributed by atoms with Gasteiger partial charge in [-0.15, -0.1) is 0 Å². The molecule has 0 fully saturated rings. The number of aromatic carboxylic acids is 1. The van der Waals surface area contributed by atoms with Crippen molar-refractivity contribution in [1.82, 2.24) is 5.32 Å². The summed E-state index contributed by atoms with van der Waals surface area (Å²) in [5.74, 6) is 5.69. The number of methoxy groups -OCH3 is 2. The molecule has 1 aromatic carbocycles. The van der Waals surface area contributed by atoms with Gasteiger partial charge in [-0.2, -0.15) is 0 Å². The molecule has 0 spiro atoms. The minimum atomic E-state index is -1.04. The first-order valence-corrected chi connectivity index (χ1v) is 5.76. The number of hydrogen-bond acceptors (Lipinski definition) is 4. The van der Waals surface area contributed by atoms with E-state index in [-0.39, 0.29) is 5.56 Å². The number of carboxylic acid groups (broad SMARTS) is 1. The van der Waals surface area contributed by atoms with Gasteiger partial charge in [-0.25, -0.2) is 4.79 Å². The SMILES string of the molecule is CNCCC#Cc1c(OC)cc(C(=O)O)cc1OC. The Morgan fingerprint density at radius 1 is 1.32 bits per heavy atom. The van der Waals surface area contributed by atoms with Crippen molar-refractivity contribution in [3.63, 3.8) is 0 Å². The Kier molecular flexibility index (Phi) is 5.71. The molecule has 0 saturated heterocycles. The molecule has 5 heteroatoms. The minimum Gasteiger partial charge on any atom is -0.495 e. The number of nitrogens with one attached hydrogen (secondary N) is 1. The molecule has 5 nitrogen and oxygen atoms in total. The molecule has 0 aliphatic rings. The molecular weight excluding hydrogens is 246 g/mol. The summed E-state index contributed by atoms with van der Waals surface area (Å²) in [5, 5.41) is 12.0. The minimum absolute atomic E-state index is 0.106. The van der Waals surface area contributed by atoms with E-state index < -0.39 is 5.97 Å². The predicted molar refractivity (Wildman–Crippen MR) is 71.9 cm³/mol. The highest BCUT2D eigenvalue weighted by molar-refractivity contribution is 5.89. The van der Waals surface area contributed by atoms with Crippen molar-refractivity contribution in [3.8, 4) is 23.3 Å². The molecule has 0 saturated carbocycles. The third-order valence-electron chi connectivity index (χ3n) is 2.47. The molecule has 102 valence electrons. The van der Waals surface area contributed by atoms with Gasteiger partial charge >= 0.3 is 5.97 Å². The highest BCUT2D eigenvalue weighted by Crippen LogP contribution is 2.29. The van der Waals surface area contributed by atoms with E-state index in [9.17, 15) is 4.79 Å². The average molecular weight is 263 g/mol. The lowest BCUT2D eigenvalue weighted by atomic mass is 10.1. The summed E-state index contributed by atoms with van der Waals surface area (Å²) < 4.78 is 10.3. The van der Waals surface area contributed by atoms with Crippen LogP contribution in [0.2, 0.25) is 0 Å². The molecule has 19 heavy (non-hydrogen) atoms. The Labute approximate surface area is 112 Å². The molecular formula is C14H17NO4. The maximum Gasteiger partial charge on any atom is 0.335 e. The summed E-state index contributed by atoms with van der Waals surface area (Å²) in [6.45, 7) is 0.783. The van der Waals surface area contributed by atoms with E-state index >= 15 is 0 Å². The first-order chi connectivity index (χ1) is 9.13. The number of carbonyl (C=O) groups is 1. The lowest BCUT2D eigenvalue weighted by molar-refractivity contribution is 0.0696. The fourth-order valence-corrected chi connectivity index (χ4v) is 1.50. The summed E-state index contributed by atoms with van der Waals surface area (Å²) in [7, 11) is 4.79. The third kappa shape index (κ3) is 3.90. The second-order valence-corrected chi connectivity index (χ2v) is 3.72. The van der Waals surface area contributed by atoms with Crippen molar-refractivity contribution in [1.29, 1.82) is 0 Å². The van der Waals surface area contributed by atoms with Crippen molar-refractivity contribution in [2.45, 2.75) is 6.42 Å². The fraction of sp³-hybridized carbons (Fsp3) is 0.357. The smallest absolute Gasteiger partial charge is 0.335 e. The third-order valence-corrected chi connectivity index (χ3v) is 2.47. The van der Waals surface area contributed by atoms with Gasteiger partial charge in [0.25, 0.3) is 0 Å². The molecule has 1 rings (SSSR count). The highest BCUT2D eigenvalue weighted by Gasteiger charge is 2.14. The summed E-state index contributed by atoms with van der Waals surface area (Å²) in [4.78, 5) is 11.0. The topological polar surface area (TPSA) is 67.8 Å². The Balaban J connectivity index is 3.19. The van der Waals surface area contributed by atoms with Gasteiger partial charge in [-0.1, -0.05) is 11.8 Å². The Bertz CT molecular complexity index is 489. The maximum atomic E-state index is 11.0. The first kappa shape index (κ1) is 14.9. The summed E-state index contributed by atoms with van der Waals surface area (Å²) in [6.07, 6.45) is 0.684. The van der Waals surface area contributed by atoms with Gasteiger partial charge in [0.15, 0.2) is 0 Å². The molecule has 0 unspecified atom stereocenters. The number of rotatable bonds is 5. The standard InChI is InChI=1S/C14H17NO4/c1-15-7-5-4-6-11-12(18-2)8-10(14(16)17)9-13(11)19-3/h8-9,15H,5,7H2,1-3H3,(H,16,17). The van der Waals surface area contributed by atoms with Crippen LogP contribution in [-0.4, -0.2) is 38.9 Å². The molecule has 2 N–H and O–H groups in total. The summed E-state index contributed by atoms with van der Waals surface area (Å²) >= 11 is 0. The molecule has 0 heterocycles. The van der Waals surface area contributed by atoms with E-state index in [4.69, 9.17) is 14.6 Å². The van der Waals surface area contributed by atoms with Crippen LogP contribution in [0.15, 0.2) is 12.1 Å². The van der Waals surface area contributed by atoms with Crippen LogP contribution in [0, 0.1) is 11.8 Å². The zero-order valence-electron chi connectivity index (χ0n) is 11.2. The Hall–Kier alpha value is -2.19. The first-order valence-electron chi connectivity index (χ1n) is 5.76. The van der Waals surface area contributed by atoms with Crippen LogP contribution in [0.5, 0.6) is 11.5 Å². The van der Waals surface area contributed by atoms with Crippen molar-refractivity contribution in [2.24, 2.45) is 0 Å². The maximum absolute atomic E-state index is 11.0. The fourth-order valence-electron chi connectivity index (χ4n) is 1.50. The molecule has 0 amide bonds. The summed E-state index contributed by atoms with van der Waals surface area (Å²) in [5.41, 5.74) is 0.667. The van der Waals surface area contributed by atoms with Crippen LogP contribution in [0.25, 0.3) is 0 Å². The van der Waals surface area contributed by atoms with Gasteiger partial charge in [0.1, 0.15) is 17.1 Å². The van der Waals surface area contributed by atoms with Crippen LogP contribution < -0.4 is 14.8 Å². The molecule has 0 aliphatic carbocycles. The number of benzene rings is 1. The van der Waals surface area contributed by atoms with Gasteiger partial charge in [-0.05, 0) is 19.2 Å². The van der Waals surface area contributed by atoms with Crippen molar-refractivity contribution < 1.29 is 19.4 Å². The van der Waals surface area contributed by atoms with E-state index in [1.807, 2.05) is 7.05 Å². The normalized spacial score (nSPS) is 9.42. The van der Waals surface area contributed by atoms with Crippen molar-refractivity contribution in [3.05, 3.63) is 23.3 Å². The number of hydrogen-bond donors (Lipinski definition) is 2. The second-order valence-electron chi connectivity index (χ2n) is 3.72. The number of ether oxygens (including phenoxy) is 2. The zero-order valence-corrected chi connectivity index (χ0v) is 11.2. The van der Waals surface area contributed by atoms with Crippen molar-refractivity contribution in [2.75, 3.05) is 27.8 Å². The Morgan fingerprint density at radius 3 is 2.32 bits per heavy atom. The van der Waals surface area contributed by atoms with Gasteiger partial charge in [0.05, 0.1) is 19.8 Å². The largest absolute Gasteiger partial charge is 0.495 e. The van der Waals surface area contributed by atoms with Gasteiger partial charge in [0, 0.05) is 13.0 Å². The zero-order chi connectivity index (χ0) is 14.3. The van der Waals surface area contributed by atoms with Crippen LogP contribution in [0.1, 0.15) is 22.3 Å². The van der Waals surface area contributed by atoms with E-state index in [2.05, 4.69) is 17.2 Å². The second kappa shape index (κ2) is 7.29. The summed E-state index contributed by atoms with van der Waals surface area (Å²) in [6, 6.07) is 2.87. The predicted octanol–water partition coefficient (Wildman–Crippen LogP) is 1.36. The van der Waals surface area contributed by atoms with E-state index in [1.165, 1.54) is 26.4 Å². The van der Waals surface area contributed by atoms with Crippen LogP contribution >= 0.6 is 0 Å². The number of carboxylic acids is 1. The van der Waals surface area contributed by atoms with Crippen LogP contribution in [-0.2, 0) is 0 Å². The van der Waals surface area contributed by atoms with Gasteiger partial charge in [0.2, 0.25) is 0 Å². The Morgan fingerprint density at radius 2 is 1.89 bits per heavy atom. The molecule has 0 radical (unpaired) electrons. The average Bonchev–Trinajstić information content (AvgIpc) is 2.42. The quantitative estimate of drug-likeness (QED) is 0.620. The van der Waals surface area contributed by atoms with Gasteiger partial charge < -0.3 is 19.9 Å². The molecule has 0 aliphatic heterocycles. The van der Waals surface area contributed by atoms with Crippen molar-refractivity contribution >= 4 is 5.97 Å². The van der Waals surface area contributed by atoms with E-state index in [1.54, 1.807) is 0 Å². The molecule has 1 aromatic rings. The van der Waals surface area contributed by atoms with E-state index in [0.29, 0.717) is 23.5 Å². The van der Waals surface area contributed by atoms with Crippen LogP contribution in [0.3, 0.4) is 0 Å². The lowest BCUT2D eigenvalue weighted by Gasteiger charge is -2.10. The molecule has 0 aromatic heterocycles.